The Morgan fingerprint density at radius 1 is 1.10 bits per heavy atom. The molecule has 3 heterocycles. The van der Waals surface area contributed by atoms with Gasteiger partial charge in [0, 0.05) is 60.2 Å². The Kier molecular flexibility index (Phi) is 7.46. The number of aromatic amines is 1. The van der Waals surface area contributed by atoms with E-state index in [1.807, 2.05) is 50.5 Å². The van der Waals surface area contributed by atoms with Gasteiger partial charge in [-0.3, -0.25) is 14.8 Å². The van der Waals surface area contributed by atoms with Gasteiger partial charge in [-0.25, -0.2) is 9.97 Å². The maximum atomic E-state index is 12.1. The number of amides is 1. The average Bonchev–Trinajstić information content (AvgIpc) is 3.46. The maximum absolute atomic E-state index is 12.1. The molecule has 4 aromatic rings. The predicted molar refractivity (Wildman–Crippen MR) is 155 cm³/mol. The standard InChI is InChI=1S/C31H35N7O2/c1-20(2)34-29(39)19-40-26-8-3-5-22(15-26)30-36-28-13-14-38(25-6-4-7-25)18-27(28)31(37-30)35-24-11-9-21(10-12-24)23-16-32-33-17-23/h3,5,8-12,15-17,20,25H,4,6-7,13-14,18-19H2,1-2H3,(H,32,33)(H,34,39)(H,35,36,37). The first-order valence-electron chi connectivity index (χ1n) is 14.0. The zero-order valence-electron chi connectivity index (χ0n) is 23.0. The molecule has 206 valence electrons. The third kappa shape index (κ3) is 5.84. The molecular weight excluding hydrogens is 502 g/mol. The van der Waals surface area contributed by atoms with Crippen molar-refractivity contribution in [3.8, 4) is 28.3 Å². The van der Waals surface area contributed by atoms with Crippen LogP contribution in [0.4, 0.5) is 11.5 Å². The minimum atomic E-state index is -0.147. The van der Waals surface area contributed by atoms with Gasteiger partial charge >= 0.3 is 0 Å². The highest BCUT2D eigenvalue weighted by Gasteiger charge is 2.30. The third-order valence-corrected chi connectivity index (χ3v) is 7.57. The summed E-state index contributed by atoms with van der Waals surface area (Å²) in [5.41, 5.74) is 6.21. The lowest BCUT2D eigenvalue weighted by Crippen LogP contribution is -2.43. The molecular formula is C31H35N7O2. The summed E-state index contributed by atoms with van der Waals surface area (Å²) in [5, 5.41) is 13.4. The molecule has 2 aromatic carbocycles. The highest BCUT2D eigenvalue weighted by molar-refractivity contribution is 5.77. The molecule has 40 heavy (non-hydrogen) atoms. The van der Waals surface area contributed by atoms with Crippen molar-refractivity contribution in [3.05, 3.63) is 72.2 Å². The van der Waals surface area contributed by atoms with Crippen molar-refractivity contribution in [2.45, 2.75) is 58.2 Å². The zero-order chi connectivity index (χ0) is 27.5. The number of fused-ring (bicyclic) bond motifs is 1. The SMILES string of the molecule is CC(C)NC(=O)COc1cccc(-c2nc3c(c(Nc4ccc(-c5cn[nH]c5)cc4)n2)CN(C2CCC2)CC3)c1. The predicted octanol–water partition coefficient (Wildman–Crippen LogP) is 5.09. The van der Waals surface area contributed by atoms with E-state index in [0.717, 1.165) is 53.4 Å². The van der Waals surface area contributed by atoms with Crippen LogP contribution in [0, 0.1) is 0 Å². The number of hydrogen-bond acceptors (Lipinski definition) is 7. The van der Waals surface area contributed by atoms with Gasteiger partial charge in [-0.1, -0.05) is 30.7 Å². The molecule has 0 bridgehead atoms. The third-order valence-electron chi connectivity index (χ3n) is 7.57. The van der Waals surface area contributed by atoms with Crippen molar-refractivity contribution in [1.29, 1.82) is 0 Å². The van der Waals surface area contributed by atoms with Gasteiger partial charge in [0.05, 0.1) is 11.9 Å². The Labute approximate surface area is 234 Å². The highest BCUT2D eigenvalue weighted by Crippen LogP contribution is 2.34. The first-order chi connectivity index (χ1) is 19.5. The van der Waals surface area contributed by atoms with Gasteiger partial charge in [0.25, 0.3) is 5.91 Å². The first-order valence-corrected chi connectivity index (χ1v) is 14.0. The molecule has 3 N–H and O–H groups in total. The lowest BCUT2D eigenvalue weighted by atomic mass is 9.89. The van der Waals surface area contributed by atoms with Gasteiger partial charge in [0.15, 0.2) is 12.4 Å². The number of H-pyrrole nitrogens is 1. The maximum Gasteiger partial charge on any atom is 0.258 e. The van der Waals surface area contributed by atoms with E-state index in [4.69, 9.17) is 14.7 Å². The van der Waals surface area contributed by atoms with Crippen LogP contribution in [0.1, 0.15) is 44.4 Å². The minimum absolute atomic E-state index is 0.0364. The summed E-state index contributed by atoms with van der Waals surface area (Å²) in [5.74, 6) is 1.94. The van der Waals surface area contributed by atoms with E-state index in [0.29, 0.717) is 17.6 Å². The smallest absolute Gasteiger partial charge is 0.258 e. The second kappa shape index (κ2) is 11.5. The fourth-order valence-corrected chi connectivity index (χ4v) is 5.26. The van der Waals surface area contributed by atoms with Crippen LogP contribution in [0.2, 0.25) is 0 Å². The second-order valence-corrected chi connectivity index (χ2v) is 10.9. The molecule has 0 unspecified atom stereocenters. The number of benzene rings is 2. The van der Waals surface area contributed by atoms with Crippen molar-refractivity contribution < 1.29 is 9.53 Å². The molecule has 1 aliphatic carbocycles. The summed E-state index contributed by atoms with van der Waals surface area (Å²) in [6.07, 6.45) is 8.46. The van der Waals surface area contributed by atoms with Crippen LogP contribution in [0.3, 0.4) is 0 Å². The lowest BCUT2D eigenvalue weighted by Gasteiger charge is -2.40. The normalized spacial score (nSPS) is 15.4. The Morgan fingerprint density at radius 2 is 1.95 bits per heavy atom. The molecule has 1 aliphatic heterocycles. The van der Waals surface area contributed by atoms with E-state index >= 15 is 0 Å². The Bertz CT molecular complexity index is 1460. The van der Waals surface area contributed by atoms with Gasteiger partial charge in [0.2, 0.25) is 0 Å². The molecule has 1 amide bonds. The number of nitrogens with zero attached hydrogens (tertiary/aromatic N) is 4. The van der Waals surface area contributed by atoms with Gasteiger partial charge in [-0.2, -0.15) is 5.10 Å². The van der Waals surface area contributed by atoms with Crippen LogP contribution >= 0.6 is 0 Å². The van der Waals surface area contributed by atoms with Crippen molar-refractivity contribution in [2.24, 2.45) is 0 Å². The van der Waals surface area contributed by atoms with Gasteiger partial charge in [-0.05, 0) is 56.5 Å². The summed E-state index contributed by atoms with van der Waals surface area (Å²) in [4.78, 5) is 24.7. The quantitative estimate of drug-likeness (QED) is 0.273. The van der Waals surface area contributed by atoms with E-state index in [1.165, 1.54) is 24.8 Å². The fraction of sp³-hybridized carbons (Fsp3) is 0.355. The van der Waals surface area contributed by atoms with E-state index in [9.17, 15) is 4.79 Å². The Balaban J connectivity index is 1.28. The van der Waals surface area contributed by atoms with Crippen molar-refractivity contribution in [2.75, 3.05) is 18.5 Å². The summed E-state index contributed by atoms with van der Waals surface area (Å²) in [6.45, 7) is 5.68. The number of carbonyl (C=O) groups excluding carboxylic acids is 1. The van der Waals surface area contributed by atoms with Gasteiger partial charge in [0.1, 0.15) is 11.6 Å². The monoisotopic (exact) mass is 537 g/mol. The Morgan fingerprint density at radius 3 is 2.67 bits per heavy atom. The van der Waals surface area contributed by atoms with E-state index in [1.54, 1.807) is 0 Å². The molecule has 0 atom stereocenters. The fourth-order valence-electron chi connectivity index (χ4n) is 5.26. The minimum Gasteiger partial charge on any atom is -0.484 e. The molecule has 0 spiro atoms. The summed E-state index contributed by atoms with van der Waals surface area (Å²) in [6, 6.07) is 16.7. The number of hydrogen-bond donors (Lipinski definition) is 3. The number of anilines is 2. The molecule has 2 aromatic heterocycles. The number of carbonyl (C=O) groups is 1. The van der Waals surface area contributed by atoms with Crippen LogP contribution in [-0.2, 0) is 17.8 Å². The highest BCUT2D eigenvalue weighted by atomic mass is 16.5. The second-order valence-electron chi connectivity index (χ2n) is 10.9. The van der Waals surface area contributed by atoms with E-state index < -0.39 is 0 Å². The van der Waals surface area contributed by atoms with Crippen LogP contribution in [0.25, 0.3) is 22.5 Å². The summed E-state index contributed by atoms with van der Waals surface area (Å²) >= 11 is 0. The zero-order valence-corrected chi connectivity index (χ0v) is 23.0. The molecule has 0 radical (unpaired) electrons. The van der Waals surface area contributed by atoms with Crippen LogP contribution in [0.15, 0.2) is 60.9 Å². The lowest BCUT2D eigenvalue weighted by molar-refractivity contribution is -0.123. The van der Waals surface area contributed by atoms with Crippen molar-refractivity contribution in [3.63, 3.8) is 0 Å². The molecule has 0 saturated heterocycles. The van der Waals surface area contributed by atoms with E-state index in [-0.39, 0.29) is 18.6 Å². The Hall–Kier alpha value is -4.24. The van der Waals surface area contributed by atoms with Crippen molar-refractivity contribution in [1.82, 2.24) is 30.4 Å². The topological polar surface area (TPSA) is 108 Å². The van der Waals surface area contributed by atoms with Crippen molar-refractivity contribution >= 4 is 17.4 Å². The summed E-state index contributed by atoms with van der Waals surface area (Å²) in [7, 11) is 0. The van der Waals surface area contributed by atoms with Crippen LogP contribution in [-0.4, -0.2) is 56.2 Å². The number of rotatable bonds is 9. The van der Waals surface area contributed by atoms with E-state index in [2.05, 4.69) is 50.0 Å². The average molecular weight is 538 g/mol. The van der Waals surface area contributed by atoms with Crippen LogP contribution < -0.4 is 15.4 Å². The molecule has 1 saturated carbocycles. The number of nitrogens with one attached hydrogen (secondary N) is 3. The molecule has 2 aliphatic rings. The number of aromatic nitrogens is 4. The number of ether oxygens (including phenoxy) is 1. The summed E-state index contributed by atoms with van der Waals surface area (Å²) < 4.78 is 5.77. The molecule has 9 nitrogen and oxygen atoms in total. The molecule has 1 fully saturated rings. The first kappa shape index (κ1) is 26.0. The largest absolute Gasteiger partial charge is 0.484 e. The van der Waals surface area contributed by atoms with Gasteiger partial charge in [-0.15, -0.1) is 0 Å². The molecule has 9 heteroatoms. The molecule has 6 rings (SSSR count). The van der Waals surface area contributed by atoms with Crippen LogP contribution in [0.5, 0.6) is 5.75 Å². The van der Waals surface area contributed by atoms with Gasteiger partial charge < -0.3 is 15.4 Å².